The zero-order valence-electron chi connectivity index (χ0n) is 19.1. The Morgan fingerprint density at radius 2 is 1.88 bits per heavy atom. The molecule has 4 heterocycles. The van der Waals surface area contributed by atoms with Crippen molar-refractivity contribution in [3.63, 3.8) is 0 Å². The molecule has 0 N–H and O–H groups in total. The topological polar surface area (TPSA) is 75.2 Å². The van der Waals surface area contributed by atoms with Gasteiger partial charge in [0.1, 0.15) is 11.4 Å². The average molecular weight is 443 g/mol. The summed E-state index contributed by atoms with van der Waals surface area (Å²) in [6, 6.07) is 4.01. The zero-order valence-corrected chi connectivity index (χ0v) is 19.1. The van der Waals surface area contributed by atoms with E-state index in [1.807, 2.05) is 24.1 Å². The van der Waals surface area contributed by atoms with Gasteiger partial charge in [-0.25, -0.2) is 9.78 Å². The number of likely N-dealkylation sites (N-methyl/N-ethyl adjacent to an activating group) is 1. The van der Waals surface area contributed by atoms with E-state index in [0.717, 1.165) is 63.5 Å². The maximum absolute atomic E-state index is 13.0. The molecule has 5 rings (SSSR count). The quantitative estimate of drug-likeness (QED) is 0.646. The largest absolute Gasteiger partial charge is 0.449 e. The van der Waals surface area contributed by atoms with E-state index < -0.39 is 5.60 Å². The molecule has 4 aliphatic rings. The van der Waals surface area contributed by atoms with Crippen LogP contribution in [0.2, 0.25) is 0 Å². The molecule has 3 aliphatic heterocycles. The van der Waals surface area contributed by atoms with Crippen LogP contribution in [0.1, 0.15) is 54.6 Å². The van der Waals surface area contributed by atoms with Gasteiger partial charge >= 0.3 is 5.97 Å². The van der Waals surface area contributed by atoms with Crippen molar-refractivity contribution in [2.75, 3.05) is 64.4 Å². The van der Waals surface area contributed by atoms with Gasteiger partial charge in [-0.15, -0.1) is 0 Å². The van der Waals surface area contributed by atoms with Crippen LogP contribution in [0.4, 0.5) is 5.82 Å². The minimum Gasteiger partial charge on any atom is -0.449 e. The standard InChI is InChI=1S/C24H34N4O4/c1-26(12-13-27-10-2-3-11-27)22(29)18-6-8-24(9-7-18)19-4-5-20(25-21(19)23(30)32-24)28-14-16-31-17-15-28/h4-5,18H,2-3,6-17H2,1H3. The van der Waals surface area contributed by atoms with Crippen molar-refractivity contribution >= 4 is 17.7 Å². The summed E-state index contributed by atoms with van der Waals surface area (Å²) in [4.78, 5) is 36.9. The number of morpholine rings is 1. The molecule has 1 saturated carbocycles. The molecule has 0 bridgehead atoms. The molecule has 1 aliphatic carbocycles. The fourth-order valence-corrected chi connectivity index (χ4v) is 5.64. The number of ether oxygens (including phenoxy) is 2. The van der Waals surface area contributed by atoms with Crippen molar-refractivity contribution in [1.82, 2.24) is 14.8 Å². The molecule has 0 radical (unpaired) electrons. The second-order valence-electron chi connectivity index (χ2n) is 9.63. The van der Waals surface area contributed by atoms with Crippen LogP contribution < -0.4 is 4.90 Å². The Bertz CT molecular complexity index is 856. The van der Waals surface area contributed by atoms with Crippen LogP contribution >= 0.6 is 0 Å². The van der Waals surface area contributed by atoms with Gasteiger partial charge in [-0.1, -0.05) is 0 Å². The van der Waals surface area contributed by atoms with Gasteiger partial charge in [0.05, 0.1) is 13.2 Å². The molecule has 3 fully saturated rings. The molecule has 0 aromatic carbocycles. The number of carbonyl (C=O) groups excluding carboxylic acids is 2. The summed E-state index contributed by atoms with van der Waals surface area (Å²) >= 11 is 0. The van der Waals surface area contributed by atoms with Gasteiger partial charge in [0.15, 0.2) is 5.69 Å². The molecule has 0 unspecified atom stereocenters. The SMILES string of the molecule is CN(CCN1CCCC1)C(=O)C1CCC2(CC1)OC(=O)c1nc(N3CCOCC3)ccc12. The molecule has 1 aromatic heterocycles. The van der Waals surface area contributed by atoms with Gasteiger partial charge in [-0.2, -0.15) is 0 Å². The number of esters is 1. The monoisotopic (exact) mass is 442 g/mol. The molecular formula is C24H34N4O4. The number of rotatable bonds is 5. The number of hydrogen-bond donors (Lipinski definition) is 0. The lowest BCUT2D eigenvalue weighted by Crippen LogP contribution is -2.41. The van der Waals surface area contributed by atoms with E-state index in [1.54, 1.807) is 0 Å². The molecule has 0 atom stereocenters. The summed E-state index contributed by atoms with van der Waals surface area (Å²) < 4.78 is 11.3. The lowest BCUT2D eigenvalue weighted by Gasteiger charge is -2.37. The molecule has 1 amide bonds. The third kappa shape index (κ3) is 4.10. The molecule has 1 spiro atoms. The van der Waals surface area contributed by atoms with Crippen LogP contribution in [0.25, 0.3) is 0 Å². The fraction of sp³-hybridized carbons (Fsp3) is 0.708. The van der Waals surface area contributed by atoms with Crippen LogP contribution in [-0.4, -0.2) is 86.2 Å². The van der Waals surface area contributed by atoms with Crippen molar-refractivity contribution in [3.8, 4) is 0 Å². The van der Waals surface area contributed by atoms with E-state index in [2.05, 4.69) is 14.8 Å². The zero-order chi connectivity index (χ0) is 22.1. The number of nitrogens with zero attached hydrogens (tertiary/aromatic N) is 4. The van der Waals surface area contributed by atoms with Crippen LogP contribution in [0.3, 0.4) is 0 Å². The minimum atomic E-state index is -0.617. The van der Waals surface area contributed by atoms with Crippen LogP contribution in [0.5, 0.6) is 0 Å². The Morgan fingerprint density at radius 1 is 1.16 bits per heavy atom. The van der Waals surface area contributed by atoms with E-state index in [1.165, 1.54) is 12.8 Å². The number of fused-ring (bicyclic) bond motifs is 2. The highest BCUT2D eigenvalue weighted by atomic mass is 16.6. The first kappa shape index (κ1) is 21.6. The first-order valence-electron chi connectivity index (χ1n) is 12.1. The predicted octanol–water partition coefficient (Wildman–Crippen LogP) is 2.03. The van der Waals surface area contributed by atoms with Gasteiger partial charge in [0, 0.05) is 44.7 Å². The van der Waals surface area contributed by atoms with Crippen molar-refractivity contribution in [2.45, 2.75) is 44.1 Å². The molecule has 2 saturated heterocycles. The molecule has 8 heteroatoms. The van der Waals surface area contributed by atoms with E-state index >= 15 is 0 Å². The molecule has 8 nitrogen and oxygen atoms in total. The number of pyridine rings is 1. The molecular weight excluding hydrogens is 408 g/mol. The lowest BCUT2D eigenvalue weighted by molar-refractivity contribution is -0.137. The number of anilines is 1. The summed E-state index contributed by atoms with van der Waals surface area (Å²) in [6.45, 7) is 6.96. The van der Waals surface area contributed by atoms with E-state index in [9.17, 15) is 9.59 Å². The maximum atomic E-state index is 13.0. The van der Waals surface area contributed by atoms with E-state index in [4.69, 9.17) is 9.47 Å². The Balaban J connectivity index is 1.21. The van der Waals surface area contributed by atoms with Gasteiger partial charge in [-0.3, -0.25) is 4.79 Å². The van der Waals surface area contributed by atoms with Gasteiger partial charge in [0.2, 0.25) is 5.91 Å². The first-order chi connectivity index (χ1) is 15.6. The summed E-state index contributed by atoms with van der Waals surface area (Å²) in [6.07, 6.45) is 5.38. The highest BCUT2D eigenvalue weighted by Gasteiger charge is 2.49. The van der Waals surface area contributed by atoms with Crippen LogP contribution in [-0.2, 0) is 19.9 Å². The number of likely N-dealkylation sites (tertiary alicyclic amines) is 1. The van der Waals surface area contributed by atoms with Gasteiger partial charge in [0.25, 0.3) is 0 Å². The van der Waals surface area contributed by atoms with Crippen molar-refractivity contribution < 1.29 is 19.1 Å². The van der Waals surface area contributed by atoms with E-state index in [-0.39, 0.29) is 17.8 Å². The third-order valence-corrected chi connectivity index (χ3v) is 7.66. The van der Waals surface area contributed by atoms with Crippen molar-refractivity contribution in [2.24, 2.45) is 5.92 Å². The van der Waals surface area contributed by atoms with Crippen LogP contribution in [0, 0.1) is 5.92 Å². The molecule has 32 heavy (non-hydrogen) atoms. The Labute approximate surface area is 189 Å². The Morgan fingerprint density at radius 3 is 2.59 bits per heavy atom. The summed E-state index contributed by atoms with van der Waals surface area (Å²) in [5.41, 5.74) is 0.725. The highest BCUT2D eigenvalue weighted by molar-refractivity contribution is 5.93. The molecule has 174 valence electrons. The first-order valence-corrected chi connectivity index (χ1v) is 12.1. The number of hydrogen-bond acceptors (Lipinski definition) is 7. The normalized spacial score (nSPS) is 28.1. The third-order valence-electron chi connectivity index (χ3n) is 7.66. The lowest BCUT2D eigenvalue weighted by atomic mass is 9.75. The second-order valence-corrected chi connectivity index (χ2v) is 9.63. The van der Waals surface area contributed by atoms with Crippen molar-refractivity contribution in [3.05, 3.63) is 23.4 Å². The summed E-state index contributed by atoms with van der Waals surface area (Å²) in [7, 11) is 1.92. The highest BCUT2D eigenvalue weighted by Crippen LogP contribution is 2.48. The second kappa shape index (κ2) is 8.98. The smallest absolute Gasteiger partial charge is 0.358 e. The summed E-state index contributed by atoms with van der Waals surface area (Å²) in [5, 5.41) is 0. The maximum Gasteiger partial charge on any atom is 0.358 e. The Hall–Kier alpha value is -2.19. The van der Waals surface area contributed by atoms with Gasteiger partial charge < -0.3 is 24.2 Å². The number of amides is 1. The van der Waals surface area contributed by atoms with E-state index in [0.29, 0.717) is 31.7 Å². The minimum absolute atomic E-state index is 0.00698. The number of carbonyl (C=O) groups is 2. The van der Waals surface area contributed by atoms with Crippen LogP contribution in [0.15, 0.2) is 12.1 Å². The predicted molar refractivity (Wildman–Crippen MR) is 120 cm³/mol. The van der Waals surface area contributed by atoms with Gasteiger partial charge in [-0.05, 0) is 63.7 Å². The molecule has 1 aromatic rings. The van der Waals surface area contributed by atoms with Crippen molar-refractivity contribution in [1.29, 1.82) is 0 Å². The Kier molecular flexibility index (Phi) is 6.07. The number of aromatic nitrogens is 1. The fourth-order valence-electron chi connectivity index (χ4n) is 5.64. The average Bonchev–Trinajstić information content (AvgIpc) is 3.45. The summed E-state index contributed by atoms with van der Waals surface area (Å²) in [5.74, 6) is 0.712.